The van der Waals surface area contributed by atoms with Crippen molar-refractivity contribution in [3.63, 3.8) is 0 Å². The van der Waals surface area contributed by atoms with E-state index in [9.17, 15) is 0 Å². The van der Waals surface area contributed by atoms with Crippen LogP contribution >= 0.6 is 23.1 Å². The minimum Gasteiger partial charge on any atom is -0.307 e. The summed E-state index contributed by atoms with van der Waals surface area (Å²) in [6, 6.07) is 33.5. The first-order chi connectivity index (χ1) is 21.3. The first kappa shape index (κ1) is 27.3. The van der Waals surface area contributed by atoms with Crippen LogP contribution in [0.3, 0.4) is 0 Å². The van der Waals surface area contributed by atoms with Gasteiger partial charge in [-0.15, -0.1) is 11.3 Å². The SMILES string of the molecule is C=Cc1c(C=C)n(-c2cccc3c2sc2ccccc23)c2c3c(ccc12)C(C)(C)c1c-3ccc(C)c1Sc1ccccc1C. The summed E-state index contributed by atoms with van der Waals surface area (Å²) in [6.45, 7) is 17.9. The number of thiophene rings is 1. The zero-order valence-electron chi connectivity index (χ0n) is 25.5. The number of nitrogens with zero attached hydrogens (tertiary/aromatic N) is 1. The Morgan fingerprint density at radius 2 is 1.52 bits per heavy atom. The van der Waals surface area contributed by atoms with Crippen LogP contribution < -0.4 is 0 Å². The van der Waals surface area contributed by atoms with Gasteiger partial charge in [-0.2, -0.15) is 0 Å². The summed E-state index contributed by atoms with van der Waals surface area (Å²) in [5.74, 6) is 0. The Balaban J connectivity index is 1.50. The van der Waals surface area contributed by atoms with Crippen molar-refractivity contribution in [3.05, 3.63) is 138 Å². The number of hydrogen-bond donors (Lipinski definition) is 0. The maximum Gasteiger partial charge on any atom is 0.0641 e. The van der Waals surface area contributed by atoms with Gasteiger partial charge in [-0.05, 0) is 65.9 Å². The number of aryl methyl sites for hydroxylation is 2. The van der Waals surface area contributed by atoms with E-state index in [2.05, 4.69) is 136 Å². The molecule has 2 aromatic heterocycles. The van der Waals surface area contributed by atoms with Crippen molar-refractivity contribution in [3.8, 4) is 16.8 Å². The third-order valence-corrected chi connectivity index (χ3v) is 12.1. The van der Waals surface area contributed by atoms with Crippen LogP contribution in [-0.2, 0) is 5.41 Å². The quantitative estimate of drug-likeness (QED) is 0.189. The van der Waals surface area contributed by atoms with Crippen LogP contribution in [-0.4, -0.2) is 4.57 Å². The van der Waals surface area contributed by atoms with Crippen LogP contribution in [0.15, 0.2) is 114 Å². The Hall–Kier alpha value is -4.31. The van der Waals surface area contributed by atoms with Gasteiger partial charge < -0.3 is 4.57 Å². The van der Waals surface area contributed by atoms with E-state index in [4.69, 9.17) is 0 Å². The summed E-state index contributed by atoms with van der Waals surface area (Å²) in [7, 11) is 0. The lowest BCUT2D eigenvalue weighted by molar-refractivity contribution is 0.646. The van der Waals surface area contributed by atoms with Gasteiger partial charge in [-0.1, -0.05) is 118 Å². The van der Waals surface area contributed by atoms with Crippen LogP contribution in [0.5, 0.6) is 0 Å². The minimum absolute atomic E-state index is 0.169. The second kappa shape index (κ2) is 9.85. The second-order valence-electron chi connectivity index (χ2n) is 12.3. The molecule has 0 atom stereocenters. The highest BCUT2D eigenvalue weighted by molar-refractivity contribution is 7.99. The van der Waals surface area contributed by atoms with Gasteiger partial charge in [0.2, 0.25) is 0 Å². The van der Waals surface area contributed by atoms with Gasteiger partial charge in [0.05, 0.1) is 21.6 Å². The molecule has 3 heteroatoms. The van der Waals surface area contributed by atoms with Crippen LogP contribution in [0.2, 0.25) is 0 Å². The molecule has 1 nitrogen and oxygen atoms in total. The fraction of sp³-hybridized carbons (Fsp3) is 0.122. The van der Waals surface area contributed by atoms with E-state index in [1.54, 1.807) is 0 Å². The molecule has 5 aromatic carbocycles. The van der Waals surface area contributed by atoms with Gasteiger partial charge in [0.1, 0.15) is 0 Å². The van der Waals surface area contributed by atoms with Crippen LogP contribution in [0.25, 0.3) is 60.0 Å². The molecule has 0 N–H and O–H groups in total. The summed E-state index contributed by atoms with van der Waals surface area (Å²) < 4.78 is 5.06. The van der Waals surface area contributed by atoms with Crippen LogP contribution in [0, 0.1) is 13.8 Å². The molecule has 0 saturated heterocycles. The van der Waals surface area contributed by atoms with E-state index >= 15 is 0 Å². The van der Waals surface area contributed by atoms with Crippen molar-refractivity contribution < 1.29 is 0 Å². The molecule has 1 aliphatic rings. The summed E-state index contributed by atoms with van der Waals surface area (Å²) in [5, 5.41) is 3.81. The number of benzene rings is 5. The van der Waals surface area contributed by atoms with Gasteiger partial charge in [0, 0.05) is 47.2 Å². The average molecular weight is 604 g/mol. The van der Waals surface area contributed by atoms with Gasteiger partial charge >= 0.3 is 0 Å². The first-order valence-electron chi connectivity index (χ1n) is 15.1. The predicted molar refractivity (Wildman–Crippen MR) is 194 cm³/mol. The third-order valence-electron chi connectivity index (χ3n) is 9.46. The van der Waals surface area contributed by atoms with Crippen molar-refractivity contribution in [2.75, 3.05) is 0 Å². The molecule has 0 spiro atoms. The smallest absolute Gasteiger partial charge is 0.0641 e. The lowest BCUT2D eigenvalue weighted by Crippen LogP contribution is -2.16. The van der Waals surface area contributed by atoms with Gasteiger partial charge in [0.25, 0.3) is 0 Å². The summed E-state index contributed by atoms with van der Waals surface area (Å²) in [4.78, 5) is 2.67. The van der Waals surface area contributed by atoms with Gasteiger partial charge in [-0.25, -0.2) is 0 Å². The molecule has 7 aromatic rings. The standard InChI is InChI=1S/C41H33NS2/c1-7-26-28-22-23-31-36(30-21-20-25(4)39(37(30)41(31,5)6)43-34-18-11-9-14-24(34)3)38(28)42(32(26)8-2)33-17-13-16-29-27-15-10-12-19-35(27)44-40(29)33/h7-23H,1-2H2,3-6H3. The highest BCUT2D eigenvalue weighted by Gasteiger charge is 2.40. The van der Waals surface area contributed by atoms with Gasteiger partial charge in [0.15, 0.2) is 0 Å². The molecular weight excluding hydrogens is 571 g/mol. The average Bonchev–Trinajstić information content (AvgIpc) is 3.64. The first-order valence-corrected chi connectivity index (χ1v) is 16.7. The van der Waals surface area contributed by atoms with E-state index < -0.39 is 0 Å². The Morgan fingerprint density at radius 3 is 2.32 bits per heavy atom. The highest BCUT2D eigenvalue weighted by Crippen LogP contribution is 2.57. The highest BCUT2D eigenvalue weighted by atomic mass is 32.2. The second-order valence-corrected chi connectivity index (χ2v) is 14.4. The van der Waals surface area contributed by atoms with Crippen molar-refractivity contribution in [1.29, 1.82) is 0 Å². The fourth-order valence-electron chi connectivity index (χ4n) is 7.35. The van der Waals surface area contributed by atoms with Crippen LogP contribution in [0.1, 0.15) is 47.4 Å². The largest absolute Gasteiger partial charge is 0.307 e. The number of hydrogen-bond acceptors (Lipinski definition) is 2. The monoisotopic (exact) mass is 603 g/mol. The molecule has 1 aliphatic carbocycles. The number of rotatable bonds is 5. The molecule has 8 rings (SSSR count). The lowest BCUT2D eigenvalue weighted by Gasteiger charge is -2.25. The Morgan fingerprint density at radius 1 is 0.750 bits per heavy atom. The minimum atomic E-state index is -0.169. The molecule has 0 saturated carbocycles. The molecule has 2 heterocycles. The lowest BCUT2D eigenvalue weighted by atomic mass is 9.81. The number of fused-ring (bicyclic) bond motifs is 8. The summed E-state index contributed by atoms with van der Waals surface area (Å²) >= 11 is 3.78. The zero-order valence-corrected chi connectivity index (χ0v) is 27.1. The fourth-order valence-corrected chi connectivity index (χ4v) is 9.85. The topological polar surface area (TPSA) is 4.93 Å². The molecule has 0 unspecified atom stereocenters. The molecule has 0 aliphatic heterocycles. The zero-order chi connectivity index (χ0) is 30.3. The van der Waals surface area contributed by atoms with Crippen molar-refractivity contribution in [2.24, 2.45) is 0 Å². The van der Waals surface area contributed by atoms with E-state index in [0.29, 0.717) is 0 Å². The van der Waals surface area contributed by atoms with Gasteiger partial charge in [-0.3, -0.25) is 0 Å². The molecule has 0 bridgehead atoms. The predicted octanol–water partition coefficient (Wildman–Crippen LogP) is 12.4. The van der Waals surface area contributed by atoms with Crippen molar-refractivity contribution in [2.45, 2.75) is 42.9 Å². The van der Waals surface area contributed by atoms with Crippen LogP contribution in [0.4, 0.5) is 0 Å². The molecular formula is C41H33NS2. The Bertz CT molecular complexity index is 2340. The summed E-state index contributed by atoms with van der Waals surface area (Å²) in [5.41, 5.74) is 12.5. The Labute approximate surface area is 267 Å². The van der Waals surface area contributed by atoms with E-state index in [1.807, 2.05) is 35.3 Å². The summed E-state index contributed by atoms with van der Waals surface area (Å²) in [6.07, 6.45) is 4.01. The maximum absolute atomic E-state index is 4.32. The third kappa shape index (κ3) is 3.66. The van der Waals surface area contributed by atoms with Crippen molar-refractivity contribution >= 4 is 66.3 Å². The molecule has 214 valence electrons. The number of aromatic nitrogens is 1. The maximum atomic E-state index is 4.32. The molecule has 0 amide bonds. The molecule has 0 fully saturated rings. The van der Waals surface area contributed by atoms with Crippen molar-refractivity contribution in [1.82, 2.24) is 4.57 Å². The molecule has 0 radical (unpaired) electrons. The normalized spacial score (nSPS) is 13.5. The van der Waals surface area contributed by atoms with E-state index in [1.165, 1.54) is 79.9 Å². The molecule has 44 heavy (non-hydrogen) atoms. The van der Waals surface area contributed by atoms with E-state index in [0.717, 1.165) is 11.3 Å². The van der Waals surface area contributed by atoms with E-state index in [-0.39, 0.29) is 5.41 Å². The Kier molecular flexibility index (Phi) is 6.10.